The lowest BCUT2D eigenvalue weighted by molar-refractivity contribution is -0.121. The summed E-state index contributed by atoms with van der Waals surface area (Å²) in [5.74, 6) is -1.05. The second kappa shape index (κ2) is 7.45. The van der Waals surface area contributed by atoms with Gasteiger partial charge in [-0.25, -0.2) is 4.98 Å². The molecule has 0 bridgehead atoms. The molecular formula is C14H10Cl3N3O2. The van der Waals surface area contributed by atoms with Gasteiger partial charge in [-0.2, -0.15) is 0 Å². The van der Waals surface area contributed by atoms with E-state index in [1.54, 1.807) is 24.3 Å². The largest absolute Gasteiger partial charge is 0.289 e. The summed E-state index contributed by atoms with van der Waals surface area (Å²) >= 11 is 17.3. The van der Waals surface area contributed by atoms with Gasteiger partial charge in [0.2, 0.25) is 5.91 Å². The Kier molecular flexibility index (Phi) is 5.60. The van der Waals surface area contributed by atoms with Gasteiger partial charge in [0.25, 0.3) is 5.91 Å². The Labute approximate surface area is 141 Å². The molecule has 2 N–H and O–H groups in total. The molecule has 2 amide bonds. The molecule has 1 aromatic carbocycles. The molecule has 0 aliphatic carbocycles. The van der Waals surface area contributed by atoms with Gasteiger partial charge in [0.15, 0.2) is 0 Å². The average Bonchev–Trinajstić information content (AvgIpc) is 2.49. The highest BCUT2D eigenvalue weighted by atomic mass is 35.5. The number of nitrogens with zero attached hydrogens (tertiary/aromatic N) is 1. The first-order chi connectivity index (χ1) is 10.5. The smallest absolute Gasteiger partial charge is 0.273 e. The lowest BCUT2D eigenvalue weighted by Gasteiger charge is -2.08. The molecule has 114 valence electrons. The molecule has 0 aliphatic heterocycles. The van der Waals surface area contributed by atoms with Gasteiger partial charge in [-0.1, -0.05) is 46.9 Å². The van der Waals surface area contributed by atoms with Crippen molar-refractivity contribution in [3.8, 4) is 0 Å². The van der Waals surface area contributed by atoms with E-state index in [9.17, 15) is 9.59 Å². The summed E-state index contributed by atoms with van der Waals surface area (Å²) in [6.07, 6.45) is 0.0914. The van der Waals surface area contributed by atoms with Crippen molar-refractivity contribution in [3.63, 3.8) is 0 Å². The Bertz CT molecular complexity index is 705. The van der Waals surface area contributed by atoms with Crippen molar-refractivity contribution >= 4 is 46.6 Å². The maximum Gasteiger partial charge on any atom is 0.289 e. The molecule has 0 fully saturated rings. The van der Waals surface area contributed by atoms with Crippen molar-refractivity contribution in [2.75, 3.05) is 0 Å². The van der Waals surface area contributed by atoms with Gasteiger partial charge in [-0.05, 0) is 29.8 Å². The summed E-state index contributed by atoms with van der Waals surface area (Å²) in [7, 11) is 0. The van der Waals surface area contributed by atoms with Gasteiger partial charge < -0.3 is 0 Å². The molecule has 0 atom stereocenters. The molecule has 1 aromatic heterocycles. The van der Waals surface area contributed by atoms with E-state index in [1.807, 2.05) is 0 Å². The lowest BCUT2D eigenvalue weighted by Crippen LogP contribution is -2.42. The minimum atomic E-state index is -0.656. The highest BCUT2D eigenvalue weighted by Crippen LogP contribution is 2.16. The summed E-state index contributed by atoms with van der Waals surface area (Å²) in [6, 6.07) is 9.70. The maximum atomic E-state index is 11.9. The van der Waals surface area contributed by atoms with Crippen molar-refractivity contribution in [2.45, 2.75) is 6.42 Å². The van der Waals surface area contributed by atoms with Crippen LogP contribution in [0.4, 0.5) is 0 Å². The number of pyridine rings is 1. The second-order valence-corrected chi connectivity index (χ2v) is 5.50. The Morgan fingerprint density at radius 2 is 1.64 bits per heavy atom. The molecule has 2 aromatic rings. The van der Waals surface area contributed by atoms with Crippen molar-refractivity contribution in [1.82, 2.24) is 15.8 Å². The predicted octanol–water partition coefficient (Wildman–Crippen LogP) is 3.05. The third-order valence-corrected chi connectivity index (χ3v) is 3.39. The van der Waals surface area contributed by atoms with Gasteiger partial charge in [0, 0.05) is 5.02 Å². The van der Waals surface area contributed by atoms with E-state index in [-0.39, 0.29) is 22.3 Å². The highest BCUT2D eigenvalue weighted by Gasteiger charge is 2.13. The number of halogens is 3. The SMILES string of the molecule is O=C(Cc1ccc(Cl)cc1)NNC(=O)c1nc(Cl)ccc1Cl. The van der Waals surface area contributed by atoms with E-state index in [2.05, 4.69) is 15.8 Å². The van der Waals surface area contributed by atoms with Gasteiger partial charge >= 0.3 is 0 Å². The van der Waals surface area contributed by atoms with Crippen molar-refractivity contribution in [1.29, 1.82) is 0 Å². The number of rotatable bonds is 3. The Morgan fingerprint density at radius 3 is 2.32 bits per heavy atom. The summed E-state index contributed by atoms with van der Waals surface area (Å²) in [5.41, 5.74) is 5.20. The third-order valence-electron chi connectivity index (χ3n) is 2.62. The van der Waals surface area contributed by atoms with Crippen LogP contribution in [0.3, 0.4) is 0 Å². The van der Waals surface area contributed by atoms with Gasteiger partial charge in [0.1, 0.15) is 10.8 Å². The van der Waals surface area contributed by atoms with E-state index in [0.717, 1.165) is 5.56 Å². The predicted molar refractivity (Wildman–Crippen MR) is 85.0 cm³/mol. The number of hydrogen-bond acceptors (Lipinski definition) is 3. The number of benzene rings is 1. The van der Waals surface area contributed by atoms with E-state index < -0.39 is 11.8 Å². The molecule has 0 aliphatic rings. The minimum absolute atomic E-state index is 0.0686. The summed E-state index contributed by atoms with van der Waals surface area (Å²) in [4.78, 5) is 27.4. The molecule has 0 unspecified atom stereocenters. The topological polar surface area (TPSA) is 71.1 Å². The Morgan fingerprint density at radius 1 is 0.955 bits per heavy atom. The van der Waals surface area contributed by atoms with Crippen LogP contribution < -0.4 is 10.9 Å². The van der Waals surface area contributed by atoms with Crippen molar-refractivity contribution in [3.05, 3.63) is 62.9 Å². The molecule has 5 nitrogen and oxygen atoms in total. The third kappa shape index (κ3) is 4.59. The lowest BCUT2D eigenvalue weighted by atomic mass is 10.1. The van der Waals surface area contributed by atoms with Gasteiger partial charge in [0.05, 0.1) is 11.4 Å². The number of aromatic nitrogens is 1. The number of hydrogen-bond donors (Lipinski definition) is 2. The van der Waals surface area contributed by atoms with Crippen molar-refractivity contribution in [2.24, 2.45) is 0 Å². The summed E-state index contributed by atoms with van der Waals surface area (Å²) in [5, 5.41) is 0.843. The van der Waals surface area contributed by atoms with Crippen LogP contribution in [-0.2, 0) is 11.2 Å². The summed E-state index contributed by atoms with van der Waals surface area (Å²) in [6.45, 7) is 0. The van der Waals surface area contributed by atoms with Gasteiger partial charge in [-0.3, -0.25) is 20.4 Å². The number of hydrazine groups is 1. The van der Waals surface area contributed by atoms with Crippen LogP contribution >= 0.6 is 34.8 Å². The molecule has 0 radical (unpaired) electrons. The fourth-order valence-corrected chi connectivity index (χ4v) is 2.06. The maximum absolute atomic E-state index is 11.9. The average molecular weight is 359 g/mol. The zero-order valence-corrected chi connectivity index (χ0v) is 13.3. The standard InChI is InChI=1S/C14H10Cl3N3O2/c15-9-3-1-8(2-4-9)7-12(21)19-20-14(22)13-10(16)5-6-11(17)18-13/h1-6H,7H2,(H,19,21)(H,20,22). The first-order valence-electron chi connectivity index (χ1n) is 6.11. The van der Waals surface area contributed by atoms with Gasteiger partial charge in [-0.15, -0.1) is 0 Å². The second-order valence-electron chi connectivity index (χ2n) is 4.27. The van der Waals surface area contributed by atoms with Crippen LogP contribution in [0, 0.1) is 0 Å². The molecule has 1 heterocycles. The van der Waals surface area contributed by atoms with E-state index >= 15 is 0 Å². The zero-order valence-electron chi connectivity index (χ0n) is 11.1. The fourth-order valence-electron chi connectivity index (χ4n) is 1.60. The molecule has 0 spiro atoms. The monoisotopic (exact) mass is 357 g/mol. The van der Waals surface area contributed by atoms with E-state index in [1.165, 1.54) is 12.1 Å². The number of nitrogens with one attached hydrogen (secondary N) is 2. The Balaban J connectivity index is 1.91. The van der Waals surface area contributed by atoms with Crippen LogP contribution in [0.5, 0.6) is 0 Å². The molecule has 0 saturated carbocycles. The van der Waals surface area contributed by atoms with E-state index in [0.29, 0.717) is 5.02 Å². The summed E-state index contributed by atoms with van der Waals surface area (Å²) < 4.78 is 0. The molecule has 22 heavy (non-hydrogen) atoms. The quantitative estimate of drug-likeness (QED) is 0.654. The zero-order chi connectivity index (χ0) is 16.1. The normalized spacial score (nSPS) is 10.1. The molecule has 8 heteroatoms. The van der Waals surface area contributed by atoms with Crippen LogP contribution in [0.2, 0.25) is 15.2 Å². The molecular weight excluding hydrogens is 349 g/mol. The minimum Gasteiger partial charge on any atom is -0.273 e. The first kappa shape index (κ1) is 16.5. The first-order valence-corrected chi connectivity index (χ1v) is 7.25. The fraction of sp³-hybridized carbons (Fsp3) is 0.0714. The van der Waals surface area contributed by atoms with Crippen molar-refractivity contribution < 1.29 is 9.59 Å². The molecule has 2 rings (SSSR count). The molecule has 0 saturated heterocycles. The van der Waals surface area contributed by atoms with Crippen LogP contribution in [-0.4, -0.2) is 16.8 Å². The van der Waals surface area contributed by atoms with Crippen LogP contribution in [0.15, 0.2) is 36.4 Å². The number of amides is 2. The number of carbonyl (C=O) groups is 2. The highest BCUT2D eigenvalue weighted by molar-refractivity contribution is 6.34. The van der Waals surface area contributed by atoms with Crippen LogP contribution in [0.25, 0.3) is 0 Å². The van der Waals surface area contributed by atoms with E-state index in [4.69, 9.17) is 34.8 Å². The number of carbonyl (C=O) groups excluding carboxylic acids is 2. The Hall–Kier alpha value is -1.82. The van der Waals surface area contributed by atoms with Crippen LogP contribution in [0.1, 0.15) is 16.1 Å².